The van der Waals surface area contributed by atoms with E-state index in [0.717, 1.165) is 36.8 Å². The summed E-state index contributed by atoms with van der Waals surface area (Å²) >= 11 is 0. The molecule has 4 rings (SSSR count). The summed E-state index contributed by atoms with van der Waals surface area (Å²) in [7, 11) is 0. The van der Waals surface area contributed by atoms with Gasteiger partial charge in [0.15, 0.2) is 0 Å². The third-order valence-corrected chi connectivity index (χ3v) is 5.00. The number of piperidine rings is 1. The average molecular weight is 288 g/mol. The number of nitrogens with one attached hydrogen (secondary N) is 1. The molecular weight excluding hydrogens is 264 g/mol. The van der Waals surface area contributed by atoms with Gasteiger partial charge in [-0.3, -0.25) is 0 Å². The van der Waals surface area contributed by atoms with Crippen LogP contribution in [0.25, 0.3) is 0 Å². The lowest BCUT2D eigenvalue weighted by molar-refractivity contribution is 0.126. The summed E-state index contributed by atoms with van der Waals surface area (Å²) in [4.78, 5) is 12.0. The zero-order valence-electron chi connectivity index (χ0n) is 12.6. The second kappa shape index (κ2) is 5.13. The molecule has 5 nitrogen and oxygen atoms in total. The van der Waals surface area contributed by atoms with Crippen molar-refractivity contribution in [2.24, 2.45) is 0 Å². The van der Waals surface area contributed by atoms with Crippen LogP contribution in [0.1, 0.15) is 57.2 Å². The highest BCUT2D eigenvalue weighted by atomic mass is 16.3. The number of fused-ring (bicyclic) bond motifs is 2. The molecule has 2 bridgehead atoms. The van der Waals surface area contributed by atoms with Crippen molar-refractivity contribution in [1.29, 1.82) is 0 Å². The van der Waals surface area contributed by atoms with Gasteiger partial charge in [0, 0.05) is 30.6 Å². The predicted octanol–water partition coefficient (Wildman–Crippen LogP) is 2.28. The number of rotatable bonds is 4. The van der Waals surface area contributed by atoms with Gasteiger partial charge in [-0.05, 0) is 45.4 Å². The van der Waals surface area contributed by atoms with Crippen LogP contribution < -0.4 is 10.2 Å². The van der Waals surface area contributed by atoms with Crippen molar-refractivity contribution < 1.29 is 5.11 Å². The first-order valence-electron chi connectivity index (χ1n) is 8.34. The van der Waals surface area contributed by atoms with Gasteiger partial charge in [-0.2, -0.15) is 0 Å². The first-order valence-corrected chi connectivity index (χ1v) is 8.34. The molecule has 1 aromatic heterocycles. The van der Waals surface area contributed by atoms with E-state index < -0.39 is 0 Å². The molecule has 2 atom stereocenters. The van der Waals surface area contributed by atoms with Crippen LogP contribution >= 0.6 is 0 Å². The fraction of sp³-hybridized carbons (Fsp3) is 0.750. The Kier molecular flexibility index (Phi) is 3.25. The quantitative estimate of drug-likeness (QED) is 0.890. The zero-order valence-corrected chi connectivity index (χ0v) is 12.6. The van der Waals surface area contributed by atoms with Gasteiger partial charge >= 0.3 is 0 Å². The predicted molar refractivity (Wildman–Crippen MR) is 82.7 cm³/mol. The molecule has 2 N–H and O–H groups in total. The Morgan fingerprint density at radius 3 is 2.52 bits per heavy atom. The lowest BCUT2D eigenvalue weighted by atomic mass is 10.00. The van der Waals surface area contributed by atoms with Crippen LogP contribution in [-0.4, -0.2) is 39.8 Å². The maximum atomic E-state index is 9.97. The second-order valence-electron chi connectivity index (χ2n) is 6.69. The smallest absolute Gasteiger partial charge is 0.136 e. The van der Waals surface area contributed by atoms with E-state index in [-0.39, 0.29) is 6.10 Å². The molecule has 2 unspecified atom stereocenters. The molecule has 0 radical (unpaired) electrons. The van der Waals surface area contributed by atoms with Crippen molar-refractivity contribution in [3.05, 3.63) is 11.9 Å². The van der Waals surface area contributed by atoms with Crippen molar-refractivity contribution in [2.45, 2.75) is 69.6 Å². The van der Waals surface area contributed by atoms with Gasteiger partial charge in [-0.15, -0.1) is 0 Å². The molecule has 3 heterocycles. The van der Waals surface area contributed by atoms with Crippen molar-refractivity contribution >= 4 is 11.6 Å². The number of aromatic nitrogens is 2. The lowest BCUT2D eigenvalue weighted by Gasteiger charge is -2.38. The largest absolute Gasteiger partial charge is 0.393 e. The molecule has 1 saturated carbocycles. The van der Waals surface area contributed by atoms with Gasteiger partial charge in [0.2, 0.25) is 0 Å². The zero-order chi connectivity index (χ0) is 14.4. The van der Waals surface area contributed by atoms with Crippen LogP contribution in [0.5, 0.6) is 0 Å². The molecule has 1 aromatic rings. The second-order valence-corrected chi connectivity index (χ2v) is 6.69. The number of hydrogen-bond donors (Lipinski definition) is 2. The Balaban J connectivity index is 1.67. The van der Waals surface area contributed by atoms with Gasteiger partial charge in [-0.1, -0.05) is 0 Å². The number of aliphatic hydroxyl groups is 1. The molecule has 0 aromatic carbocycles. The first-order chi connectivity index (χ1) is 10.2. The monoisotopic (exact) mass is 288 g/mol. The molecule has 114 valence electrons. The average Bonchev–Trinajstić information content (AvgIpc) is 3.25. The first kappa shape index (κ1) is 13.3. The van der Waals surface area contributed by atoms with Crippen molar-refractivity contribution in [2.75, 3.05) is 16.8 Å². The summed E-state index contributed by atoms with van der Waals surface area (Å²) in [5, 5.41) is 13.3. The van der Waals surface area contributed by atoms with Gasteiger partial charge in [0.25, 0.3) is 0 Å². The van der Waals surface area contributed by atoms with Crippen molar-refractivity contribution in [1.82, 2.24) is 9.97 Å². The topological polar surface area (TPSA) is 61.3 Å². The Labute approximate surface area is 125 Å². The van der Waals surface area contributed by atoms with Crippen molar-refractivity contribution in [3.8, 4) is 0 Å². The van der Waals surface area contributed by atoms with Crippen molar-refractivity contribution in [3.63, 3.8) is 0 Å². The standard InChI is InChI=1S/C16H24N4O/c1-2-17-14-9-15(19-16(18-14)10-3-4-10)20-11-5-6-12(20)8-13(21)7-11/h9-13,21H,2-8H2,1H3,(H,17,18,19). The van der Waals surface area contributed by atoms with Gasteiger partial charge in [0.1, 0.15) is 17.5 Å². The highest BCUT2D eigenvalue weighted by Crippen LogP contribution is 2.42. The molecule has 0 spiro atoms. The minimum absolute atomic E-state index is 0.128. The molecule has 0 amide bonds. The molecule has 5 heteroatoms. The fourth-order valence-electron chi connectivity index (χ4n) is 3.90. The number of hydrogen-bond acceptors (Lipinski definition) is 5. The summed E-state index contributed by atoms with van der Waals surface area (Å²) in [5.41, 5.74) is 0. The Morgan fingerprint density at radius 1 is 1.19 bits per heavy atom. The maximum absolute atomic E-state index is 9.97. The summed E-state index contributed by atoms with van der Waals surface area (Å²) < 4.78 is 0. The van der Waals surface area contributed by atoms with E-state index >= 15 is 0 Å². The van der Waals surface area contributed by atoms with E-state index in [1.54, 1.807) is 0 Å². The molecule has 2 saturated heterocycles. The van der Waals surface area contributed by atoms with Gasteiger partial charge < -0.3 is 15.3 Å². The number of aliphatic hydroxyl groups excluding tert-OH is 1. The summed E-state index contributed by atoms with van der Waals surface area (Å²) in [6, 6.07) is 3.00. The van der Waals surface area contributed by atoms with Crippen LogP contribution in [0.2, 0.25) is 0 Å². The van der Waals surface area contributed by atoms with E-state index in [1.807, 2.05) is 0 Å². The third kappa shape index (κ3) is 2.48. The Bertz CT molecular complexity index is 517. The third-order valence-electron chi connectivity index (χ3n) is 5.00. The molecule has 2 aliphatic heterocycles. The van der Waals surface area contributed by atoms with E-state index in [9.17, 15) is 5.11 Å². The highest BCUT2D eigenvalue weighted by molar-refractivity contribution is 5.52. The Morgan fingerprint density at radius 2 is 1.90 bits per heavy atom. The molecule has 3 aliphatic rings. The van der Waals surface area contributed by atoms with Gasteiger partial charge in [0.05, 0.1) is 6.10 Å². The van der Waals surface area contributed by atoms with Crippen LogP contribution in [0.3, 0.4) is 0 Å². The normalized spacial score (nSPS) is 31.5. The summed E-state index contributed by atoms with van der Waals surface area (Å²) in [6.07, 6.45) is 6.45. The van der Waals surface area contributed by atoms with E-state index in [2.05, 4.69) is 28.2 Å². The molecular formula is C16H24N4O. The van der Waals surface area contributed by atoms with E-state index in [1.165, 1.54) is 25.7 Å². The molecule has 3 fully saturated rings. The van der Waals surface area contributed by atoms with E-state index in [4.69, 9.17) is 4.98 Å². The Hall–Kier alpha value is -1.36. The molecule has 1 aliphatic carbocycles. The minimum atomic E-state index is -0.128. The minimum Gasteiger partial charge on any atom is -0.393 e. The maximum Gasteiger partial charge on any atom is 0.136 e. The SMILES string of the molecule is CCNc1cc(N2C3CCC2CC(O)C3)nc(C2CC2)n1. The summed E-state index contributed by atoms with van der Waals surface area (Å²) in [6.45, 7) is 2.98. The number of nitrogens with zero attached hydrogens (tertiary/aromatic N) is 3. The van der Waals surface area contributed by atoms with Crippen LogP contribution in [0.4, 0.5) is 11.6 Å². The van der Waals surface area contributed by atoms with Gasteiger partial charge in [-0.25, -0.2) is 9.97 Å². The highest BCUT2D eigenvalue weighted by Gasteiger charge is 2.41. The summed E-state index contributed by atoms with van der Waals surface area (Å²) in [5.74, 6) is 3.60. The fourth-order valence-corrected chi connectivity index (χ4v) is 3.90. The van der Waals surface area contributed by atoms with Crippen LogP contribution in [-0.2, 0) is 0 Å². The van der Waals surface area contributed by atoms with E-state index in [0.29, 0.717) is 18.0 Å². The number of anilines is 2. The van der Waals surface area contributed by atoms with Crippen LogP contribution in [0.15, 0.2) is 6.07 Å². The molecule has 21 heavy (non-hydrogen) atoms. The lowest BCUT2D eigenvalue weighted by Crippen LogP contribution is -2.45. The van der Waals surface area contributed by atoms with Crippen LogP contribution in [0, 0.1) is 0 Å².